The molecule has 6 heteroatoms. The molecule has 0 aromatic heterocycles. The van der Waals surface area contributed by atoms with Gasteiger partial charge in [0.15, 0.2) is 0 Å². The molecule has 3 aromatic rings. The van der Waals surface area contributed by atoms with E-state index in [1.807, 2.05) is 57.2 Å². The van der Waals surface area contributed by atoms with Gasteiger partial charge in [-0.25, -0.2) is 4.79 Å². The number of likely N-dealkylation sites (tertiary alicyclic amines) is 1. The van der Waals surface area contributed by atoms with Gasteiger partial charge < -0.3 is 14.7 Å². The maximum Gasteiger partial charge on any atom is 0.338 e. The molecule has 3 aromatic carbocycles. The number of rotatable bonds is 8. The van der Waals surface area contributed by atoms with Crippen LogP contribution in [0.2, 0.25) is 0 Å². The Morgan fingerprint density at radius 2 is 1.57 bits per heavy atom. The highest BCUT2D eigenvalue weighted by molar-refractivity contribution is 6.46. The van der Waals surface area contributed by atoms with Crippen molar-refractivity contribution in [1.82, 2.24) is 4.90 Å². The molecule has 4 rings (SSSR count). The minimum Gasteiger partial charge on any atom is -0.507 e. The minimum atomic E-state index is -0.750. The third-order valence-electron chi connectivity index (χ3n) is 6.51. The first-order valence-corrected chi connectivity index (χ1v) is 12.5. The van der Waals surface area contributed by atoms with Gasteiger partial charge in [-0.2, -0.15) is 0 Å². The monoisotopic (exact) mass is 497 g/mol. The van der Waals surface area contributed by atoms with Crippen LogP contribution < -0.4 is 0 Å². The molecule has 37 heavy (non-hydrogen) atoms. The molecule has 0 spiro atoms. The van der Waals surface area contributed by atoms with E-state index in [0.29, 0.717) is 17.7 Å². The van der Waals surface area contributed by atoms with Crippen molar-refractivity contribution in [3.05, 3.63) is 112 Å². The van der Waals surface area contributed by atoms with Crippen LogP contribution in [0.3, 0.4) is 0 Å². The van der Waals surface area contributed by atoms with Crippen LogP contribution in [-0.4, -0.2) is 34.3 Å². The van der Waals surface area contributed by atoms with Crippen molar-refractivity contribution in [3.8, 4) is 0 Å². The van der Waals surface area contributed by atoms with Crippen LogP contribution in [0.1, 0.15) is 64.5 Å². The number of carbonyl (C=O) groups is 3. The number of hydrogen-bond acceptors (Lipinski definition) is 5. The summed E-state index contributed by atoms with van der Waals surface area (Å²) in [5.74, 6) is -1.99. The molecule has 6 nitrogen and oxygen atoms in total. The SMILES string of the molecule is CCCOC(=O)c1ccc(CN2C(=O)C(=O)/C(=C(/O)c3ccc(CC)cc3)C2c2cccc(C)c2)cc1. The highest BCUT2D eigenvalue weighted by Crippen LogP contribution is 2.40. The van der Waals surface area contributed by atoms with E-state index in [9.17, 15) is 19.5 Å². The van der Waals surface area contributed by atoms with E-state index in [1.165, 1.54) is 4.90 Å². The van der Waals surface area contributed by atoms with Crippen molar-refractivity contribution in [2.24, 2.45) is 0 Å². The normalized spacial score (nSPS) is 16.7. The molecule has 190 valence electrons. The van der Waals surface area contributed by atoms with Gasteiger partial charge in [-0.05, 0) is 48.6 Å². The van der Waals surface area contributed by atoms with E-state index in [1.54, 1.807) is 36.4 Å². The number of aliphatic hydroxyl groups is 1. The van der Waals surface area contributed by atoms with Crippen molar-refractivity contribution in [2.45, 2.75) is 46.2 Å². The van der Waals surface area contributed by atoms with Gasteiger partial charge in [-0.15, -0.1) is 0 Å². The molecule has 0 saturated carbocycles. The Hall–Kier alpha value is -4.19. The Morgan fingerprint density at radius 3 is 2.19 bits per heavy atom. The Kier molecular flexibility index (Phi) is 7.87. The van der Waals surface area contributed by atoms with E-state index in [4.69, 9.17) is 4.74 Å². The number of amides is 1. The molecule has 1 N–H and O–H groups in total. The molecule has 0 bridgehead atoms. The predicted molar refractivity (Wildman–Crippen MR) is 142 cm³/mol. The predicted octanol–water partition coefficient (Wildman–Crippen LogP) is 5.75. The molecular formula is C31H31NO5. The maximum atomic E-state index is 13.3. The Balaban J connectivity index is 1.73. The second-order valence-corrected chi connectivity index (χ2v) is 9.22. The highest BCUT2D eigenvalue weighted by Gasteiger charge is 2.46. The van der Waals surface area contributed by atoms with Gasteiger partial charge in [0.2, 0.25) is 0 Å². The second kappa shape index (κ2) is 11.2. The van der Waals surface area contributed by atoms with Crippen LogP contribution in [0.4, 0.5) is 0 Å². The number of carbonyl (C=O) groups excluding carboxylic acids is 3. The summed E-state index contributed by atoms with van der Waals surface area (Å²) in [6, 6.07) is 21.0. The number of nitrogens with zero attached hydrogens (tertiary/aromatic N) is 1. The van der Waals surface area contributed by atoms with E-state index in [-0.39, 0.29) is 17.9 Å². The lowest BCUT2D eigenvalue weighted by Gasteiger charge is -2.26. The van der Waals surface area contributed by atoms with Gasteiger partial charge >= 0.3 is 5.97 Å². The molecule has 1 aliphatic rings. The minimum absolute atomic E-state index is 0.0691. The summed E-state index contributed by atoms with van der Waals surface area (Å²) in [5.41, 5.74) is 4.55. The smallest absolute Gasteiger partial charge is 0.338 e. The molecule has 1 heterocycles. The summed E-state index contributed by atoms with van der Waals surface area (Å²) in [5, 5.41) is 11.3. The standard InChI is InChI=1S/C31H31NO5/c1-4-17-37-31(36)24-15-11-22(12-16-24)19-32-27(25-8-6-7-20(3)18-25)26(29(34)30(32)35)28(33)23-13-9-21(5-2)10-14-23/h6-16,18,27,33H,4-5,17,19H2,1-3H3/b28-26+. The van der Waals surface area contributed by atoms with Crippen LogP contribution in [-0.2, 0) is 27.3 Å². The van der Waals surface area contributed by atoms with Crippen molar-refractivity contribution in [2.75, 3.05) is 6.61 Å². The molecular weight excluding hydrogens is 466 g/mol. The molecule has 0 radical (unpaired) electrons. The zero-order chi connectivity index (χ0) is 26.5. The van der Waals surface area contributed by atoms with Crippen molar-refractivity contribution >= 4 is 23.4 Å². The first-order valence-electron chi connectivity index (χ1n) is 12.5. The Labute approximate surface area is 217 Å². The quantitative estimate of drug-likeness (QED) is 0.186. The van der Waals surface area contributed by atoms with E-state index >= 15 is 0 Å². The number of ether oxygens (including phenoxy) is 1. The highest BCUT2D eigenvalue weighted by atomic mass is 16.5. The summed E-state index contributed by atoms with van der Waals surface area (Å²) in [6.45, 7) is 6.40. The van der Waals surface area contributed by atoms with Crippen LogP contribution in [0.15, 0.2) is 78.4 Å². The number of benzene rings is 3. The van der Waals surface area contributed by atoms with Crippen LogP contribution >= 0.6 is 0 Å². The van der Waals surface area contributed by atoms with Crippen LogP contribution in [0.25, 0.3) is 5.76 Å². The molecule has 0 aliphatic carbocycles. The molecule has 1 aliphatic heterocycles. The van der Waals surface area contributed by atoms with Gasteiger partial charge in [-0.3, -0.25) is 9.59 Å². The third kappa shape index (κ3) is 5.48. The summed E-state index contributed by atoms with van der Waals surface area (Å²) in [7, 11) is 0. The number of aliphatic hydroxyl groups excluding tert-OH is 1. The number of esters is 1. The third-order valence-corrected chi connectivity index (χ3v) is 6.51. The second-order valence-electron chi connectivity index (χ2n) is 9.22. The van der Waals surface area contributed by atoms with Gasteiger partial charge in [0.05, 0.1) is 23.8 Å². The fourth-order valence-electron chi connectivity index (χ4n) is 4.50. The van der Waals surface area contributed by atoms with Crippen LogP contribution in [0, 0.1) is 6.92 Å². The number of aryl methyl sites for hydroxylation is 2. The number of hydrogen-bond donors (Lipinski definition) is 1. The van der Waals surface area contributed by atoms with Gasteiger partial charge in [-0.1, -0.05) is 80.1 Å². The molecule has 1 atom stereocenters. The number of ketones is 1. The van der Waals surface area contributed by atoms with Crippen LogP contribution in [0.5, 0.6) is 0 Å². The largest absolute Gasteiger partial charge is 0.507 e. The van der Waals surface area contributed by atoms with E-state index < -0.39 is 23.7 Å². The summed E-state index contributed by atoms with van der Waals surface area (Å²) >= 11 is 0. The average molecular weight is 498 g/mol. The van der Waals surface area contributed by atoms with Crippen molar-refractivity contribution < 1.29 is 24.2 Å². The van der Waals surface area contributed by atoms with Crippen molar-refractivity contribution in [1.29, 1.82) is 0 Å². The zero-order valence-electron chi connectivity index (χ0n) is 21.4. The van der Waals surface area contributed by atoms with E-state index in [0.717, 1.165) is 35.1 Å². The Morgan fingerprint density at radius 1 is 0.919 bits per heavy atom. The first-order chi connectivity index (χ1) is 17.8. The van der Waals surface area contributed by atoms with E-state index in [2.05, 4.69) is 0 Å². The van der Waals surface area contributed by atoms with Gasteiger partial charge in [0, 0.05) is 12.1 Å². The fourth-order valence-corrected chi connectivity index (χ4v) is 4.50. The van der Waals surface area contributed by atoms with Crippen molar-refractivity contribution in [3.63, 3.8) is 0 Å². The fraction of sp³-hybridized carbons (Fsp3) is 0.258. The van der Waals surface area contributed by atoms with Gasteiger partial charge in [0.1, 0.15) is 5.76 Å². The summed E-state index contributed by atoms with van der Waals surface area (Å²) in [4.78, 5) is 40.2. The zero-order valence-corrected chi connectivity index (χ0v) is 21.4. The Bertz CT molecular complexity index is 1340. The molecule has 1 amide bonds. The molecule has 1 unspecified atom stereocenters. The molecule has 1 saturated heterocycles. The number of Topliss-reactive ketones (excluding diaryl/α,β-unsaturated/α-hetero) is 1. The topological polar surface area (TPSA) is 83.9 Å². The molecule has 1 fully saturated rings. The maximum absolute atomic E-state index is 13.3. The lowest BCUT2D eigenvalue weighted by atomic mass is 9.94. The summed E-state index contributed by atoms with van der Waals surface area (Å²) in [6.07, 6.45) is 1.59. The first kappa shape index (κ1) is 25.9. The van der Waals surface area contributed by atoms with Gasteiger partial charge in [0.25, 0.3) is 11.7 Å². The lowest BCUT2D eigenvalue weighted by Crippen LogP contribution is -2.29. The lowest BCUT2D eigenvalue weighted by molar-refractivity contribution is -0.140. The summed E-state index contributed by atoms with van der Waals surface area (Å²) < 4.78 is 5.18. The average Bonchev–Trinajstić information content (AvgIpc) is 3.16.